The molecule has 0 aliphatic heterocycles. The highest BCUT2D eigenvalue weighted by Crippen LogP contribution is 2.24. The van der Waals surface area contributed by atoms with Gasteiger partial charge in [-0.15, -0.1) is 0 Å². The van der Waals surface area contributed by atoms with E-state index in [2.05, 4.69) is 44.3 Å². The molecule has 0 amide bonds. The largest absolute Gasteiger partial charge is 0.378 e. The fraction of sp³-hybridized carbons (Fsp3) is 0.294. The minimum absolute atomic E-state index is 0.0839. The Morgan fingerprint density at radius 3 is 2.57 bits per heavy atom. The minimum Gasteiger partial charge on any atom is -0.378 e. The highest BCUT2D eigenvalue weighted by Gasteiger charge is 2.14. The first-order valence-electron chi connectivity index (χ1n) is 6.89. The lowest BCUT2D eigenvalue weighted by molar-refractivity contribution is 0.554. The summed E-state index contributed by atoms with van der Waals surface area (Å²) in [5.41, 5.74) is 3.02. The summed E-state index contributed by atoms with van der Waals surface area (Å²) in [4.78, 5) is 2.07. The molecule has 0 aliphatic carbocycles. The first-order valence-corrected chi connectivity index (χ1v) is 7.69. The Labute approximate surface area is 134 Å². The summed E-state index contributed by atoms with van der Waals surface area (Å²) in [5.74, 6) is -0.173. The van der Waals surface area contributed by atoms with Crippen molar-refractivity contribution < 1.29 is 4.39 Å². The number of halogens is 2. The van der Waals surface area contributed by atoms with Gasteiger partial charge in [0, 0.05) is 30.3 Å². The van der Waals surface area contributed by atoms with Crippen LogP contribution in [0.2, 0.25) is 0 Å². The predicted octanol–water partition coefficient (Wildman–Crippen LogP) is 4.16. The SMILES string of the molecule is CNC(Cc1ccc(Br)cc1F)c1cccc(N(C)C)c1. The lowest BCUT2D eigenvalue weighted by Crippen LogP contribution is -2.20. The van der Waals surface area contributed by atoms with Crippen LogP contribution in [0.4, 0.5) is 10.1 Å². The van der Waals surface area contributed by atoms with Gasteiger partial charge in [0.25, 0.3) is 0 Å². The molecular weight excluding hydrogens is 331 g/mol. The van der Waals surface area contributed by atoms with Crippen molar-refractivity contribution in [3.05, 3.63) is 63.9 Å². The summed E-state index contributed by atoms with van der Waals surface area (Å²) in [5, 5.41) is 3.28. The molecule has 112 valence electrons. The Balaban J connectivity index is 2.25. The van der Waals surface area contributed by atoms with Crippen molar-refractivity contribution in [1.29, 1.82) is 0 Å². The highest BCUT2D eigenvalue weighted by molar-refractivity contribution is 9.10. The van der Waals surface area contributed by atoms with E-state index in [1.165, 1.54) is 6.07 Å². The molecule has 0 radical (unpaired) electrons. The van der Waals surface area contributed by atoms with E-state index in [0.29, 0.717) is 12.0 Å². The summed E-state index contributed by atoms with van der Waals surface area (Å²) in [6.45, 7) is 0. The third-order valence-electron chi connectivity index (χ3n) is 3.58. The van der Waals surface area contributed by atoms with E-state index in [9.17, 15) is 4.39 Å². The summed E-state index contributed by atoms with van der Waals surface area (Å²) >= 11 is 3.29. The highest BCUT2D eigenvalue weighted by atomic mass is 79.9. The van der Waals surface area contributed by atoms with Crippen molar-refractivity contribution in [3.8, 4) is 0 Å². The van der Waals surface area contributed by atoms with Crippen LogP contribution in [0, 0.1) is 5.82 Å². The van der Waals surface area contributed by atoms with Crippen LogP contribution >= 0.6 is 15.9 Å². The molecule has 1 unspecified atom stereocenters. The molecule has 0 aromatic heterocycles. The van der Waals surface area contributed by atoms with Crippen LogP contribution in [0.3, 0.4) is 0 Å². The predicted molar refractivity (Wildman–Crippen MR) is 90.4 cm³/mol. The standard InChI is InChI=1S/C17H20BrFN2/c1-20-17(10-12-7-8-14(18)11-16(12)19)13-5-4-6-15(9-13)21(2)3/h4-9,11,17,20H,10H2,1-3H3. The Bertz CT molecular complexity index is 613. The maximum absolute atomic E-state index is 14.0. The molecule has 4 heteroatoms. The van der Waals surface area contributed by atoms with Gasteiger partial charge in [-0.05, 0) is 48.9 Å². The van der Waals surface area contributed by atoms with Gasteiger partial charge in [0.05, 0.1) is 0 Å². The van der Waals surface area contributed by atoms with Crippen molar-refractivity contribution in [3.63, 3.8) is 0 Å². The first-order chi connectivity index (χ1) is 10.0. The van der Waals surface area contributed by atoms with Gasteiger partial charge < -0.3 is 10.2 Å². The number of nitrogens with zero attached hydrogens (tertiary/aromatic N) is 1. The third kappa shape index (κ3) is 4.05. The molecular formula is C17H20BrFN2. The topological polar surface area (TPSA) is 15.3 Å². The van der Waals surface area contributed by atoms with Crippen molar-refractivity contribution in [1.82, 2.24) is 5.32 Å². The van der Waals surface area contributed by atoms with E-state index < -0.39 is 0 Å². The normalized spacial score (nSPS) is 12.2. The third-order valence-corrected chi connectivity index (χ3v) is 4.07. The van der Waals surface area contributed by atoms with Gasteiger partial charge in [-0.25, -0.2) is 4.39 Å². The molecule has 0 spiro atoms. The van der Waals surface area contributed by atoms with Crippen molar-refractivity contribution in [2.24, 2.45) is 0 Å². The quantitative estimate of drug-likeness (QED) is 0.870. The zero-order valence-electron chi connectivity index (χ0n) is 12.5. The van der Waals surface area contributed by atoms with E-state index >= 15 is 0 Å². The average molecular weight is 351 g/mol. The Morgan fingerprint density at radius 2 is 1.95 bits per heavy atom. The molecule has 0 saturated carbocycles. The van der Waals surface area contributed by atoms with Gasteiger partial charge in [0.15, 0.2) is 0 Å². The summed E-state index contributed by atoms with van der Waals surface area (Å²) in [6, 6.07) is 13.6. The first kappa shape index (κ1) is 16.0. The number of anilines is 1. The van der Waals surface area contributed by atoms with Crippen molar-refractivity contribution >= 4 is 21.6 Å². The van der Waals surface area contributed by atoms with Gasteiger partial charge in [-0.2, -0.15) is 0 Å². The molecule has 1 N–H and O–H groups in total. The molecule has 1 atom stereocenters. The van der Waals surface area contributed by atoms with Gasteiger partial charge in [-0.3, -0.25) is 0 Å². The summed E-state index contributed by atoms with van der Waals surface area (Å²) in [6.07, 6.45) is 0.618. The zero-order chi connectivity index (χ0) is 15.4. The van der Waals surface area contributed by atoms with E-state index in [4.69, 9.17) is 0 Å². The summed E-state index contributed by atoms with van der Waals surface area (Å²) in [7, 11) is 5.94. The van der Waals surface area contributed by atoms with Gasteiger partial charge in [0.2, 0.25) is 0 Å². The van der Waals surface area contributed by atoms with Crippen LogP contribution in [0.1, 0.15) is 17.2 Å². The maximum atomic E-state index is 14.0. The van der Waals surface area contributed by atoms with Gasteiger partial charge in [-0.1, -0.05) is 34.1 Å². The van der Waals surface area contributed by atoms with Gasteiger partial charge >= 0.3 is 0 Å². The van der Waals surface area contributed by atoms with Gasteiger partial charge in [0.1, 0.15) is 5.82 Å². The number of rotatable bonds is 5. The number of nitrogens with one attached hydrogen (secondary N) is 1. The van der Waals surface area contributed by atoms with Crippen LogP contribution in [0.5, 0.6) is 0 Å². The van der Waals surface area contributed by atoms with Crippen molar-refractivity contribution in [2.75, 3.05) is 26.0 Å². The Kier molecular flexibility index (Phi) is 5.37. The lowest BCUT2D eigenvalue weighted by atomic mass is 9.98. The molecule has 21 heavy (non-hydrogen) atoms. The van der Waals surface area contributed by atoms with E-state index in [1.807, 2.05) is 39.3 Å². The molecule has 2 aromatic rings. The smallest absolute Gasteiger partial charge is 0.127 e. The molecule has 2 rings (SSSR count). The Morgan fingerprint density at radius 1 is 1.19 bits per heavy atom. The number of benzene rings is 2. The summed E-state index contributed by atoms with van der Waals surface area (Å²) < 4.78 is 14.8. The lowest BCUT2D eigenvalue weighted by Gasteiger charge is -2.20. The Hall–Kier alpha value is -1.39. The molecule has 2 aromatic carbocycles. The minimum atomic E-state index is -0.173. The molecule has 0 heterocycles. The monoisotopic (exact) mass is 350 g/mol. The van der Waals surface area contributed by atoms with Crippen LogP contribution < -0.4 is 10.2 Å². The molecule has 0 fully saturated rings. The fourth-order valence-electron chi connectivity index (χ4n) is 2.31. The van der Waals surface area contributed by atoms with Crippen LogP contribution in [0.15, 0.2) is 46.9 Å². The molecule has 0 bridgehead atoms. The second-order valence-electron chi connectivity index (χ2n) is 5.27. The molecule has 0 saturated heterocycles. The fourth-order valence-corrected chi connectivity index (χ4v) is 2.65. The zero-order valence-corrected chi connectivity index (χ0v) is 14.1. The van der Waals surface area contributed by atoms with E-state index in [1.54, 1.807) is 0 Å². The van der Waals surface area contributed by atoms with Crippen LogP contribution in [0.25, 0.3) is 0 Å². The average Bonchev–Trinajstić information content (AvgIpc) is 2.46. The second-order valence-corrected chi connectivity index (χ2v) is 6.19. The second kappa shape index (κ2) is 7.05. The van der Waals surface area contributed by atoms with E-state index in [0.717, 1.165) is 15.7 Å². The van der Waals surface area contributed by atoms with Crippen molar-refractivity contribution in [2.45, 2.75) is 12.5 Å². The van der Waals surface area contributed by atoms with Crippen LogP contribution in [-0.4, -0.2) is 21.1 Å². The number of hydrogen-bond acceptors (Lipinski definition) is 2. The van der Waals surface area contributed by atoms with E-state index in [-0.39, 0.29) is 11.9 Å². The molecule has 2 nitrogen and oxygen atoms in total. The molecule has 0 aliphatic rings. The maximum Gasteiger partial charge on any atom is 0.127 e. The van der Waals surface area contributed by atoms with Crippen LogP contribution in [-0.2, 0) is 6.42 Å². The number of likely N-dealkylation sites (N-methyl/N-ethyl adjacent to an activating group) is 1. The number of hydrogen-bond donors (Lipinski definition) is 1.